The lowest BCUT2D eigenvalue weighted by molar-refractivity contribution is -0.124. The lowest BCUT2D eigenvalue weighted by atomic mass is 9.87. The van der Waals surface area contributed by atoms with Crippen LogP contribution in [-0.2, 0) is 4.79 Å². The van der Waals surface area contributed by atoms with Crippen molar-refractivity contribution in [3.63, 3.8) is 0 Å². The molecule has 0 aliphatic rings. The monoisotopic (exact) mass is 230 g/mol. The summed E-state index contributed by atoms with van der Waals surface area (Å²) in [7, 11) is 0. The van der Waals surface area contributed by atoms with Gasteiger partial charge in [0.15, 0.2) is 0 Å². The maximum atomic E-state index is 11.6. The van der Waals surface area contributed by atoms with Gasteiger partial charge in [0, 0.05) is 13.2 Å². The molecule has 0 aliphatic carbocycles. The number of nitrogens with two attached hydrogens (primary N) is 1. The zero-order valence-electron chi connectivity index (χ0n) is 10.8. The number of amides is 1. The van der Waals surface area contributed by atoms with Gasteiger partial charge < -0.3 is 16.2 Å². The Hall–Kier alpha value is -0.610. The maximum Gasteiger partial charge on any atom is 0.237 e. The fraction of sp³-hybridized carbons (Fsp3) is 0.917. The van der Waals surface area contributed by atoms with Crippen LogP contribution in [0.15, 0.2) is 0 Å². The van der Waals surface area contributed by atoms with Crippen LogP contribution in [0, 0.1) is 5.41 Å². The topological polar surface area (TPSA) is 75.4 Å². The van der Waals surface area contributed by atoms with E-state index < -0.39 is 6.04 Å². The predicted molar refractivity (Wildman–Crippen MR) is 66.0 cm³/mol. The summed E-state index contributed by atoms with van der Waals surface area (Å²) in [5.41, 5.74) is 5.62. The van der Waals surface area contributed by atoms with Crippen molar-refractivity contribution in [1.82, 2.24) is 5.32 Å². The number of aliphatic hydroxyl groups is 1. The standard InChI is InChI=1S/C12H26N2O2/c1-12(2,3)10(13)11(16)14-8-6-4-5-7-9-15/h10,15H,4-9,13H2,1-3H3,(H,14,16). The van der Waals surface area contributed by atoms with E-state index in [1.165, 1.54) is 0 Å². The Labute approximate surface area is 98.6 Å². The quantitative estimate of drug-likeness (QED) is 0.572. The normalized spacial score (nSPS) is 13.6. The molecule has 4 heteroatoms. The summed E-state index contributed by atoms with van der Waals surface area (Å²) in [5.74, 6) is -0.0744. The first-order valence-corrected chi connectivity index (χ1v) is 6.03. The van der Waals surface area contributed by atoms with Crippen molar-refractivity contribution in [2.24, 2.45) is 11.1 Å². The molecule has 0 saturated heterocycles. The Morgan fingerprint density at radius 3 is 2.31 bits per heavy atom. The molecule has 1 atom stereocenters. The summed E-state index contributed by atoms with van der Waals surface area (Å²) < 4.78 is 0. The number of rotatable bonds is 7. The van der Waals surface area contributed by atoms with E-state index in [9.17, 15) is 4.79 Å². The number of hydrogen-bond acceptors (Lipinski definition) is 3. The molecular formula is C12H26N2O2. The van der Waals surface area contributed by atoms with Crippen molar-refractivity contribution in [1.29, 1.82) is 0 Å². The molecule has 0 aliphatic heterocycles. The highest BCUT2D eigenvalue weighted by atomic mass is 16.2. The lowest BCUT2D eigenvalue weighted by Gasteiger charge is -2.25. The number of nitrogens with one attached hydrogen (secondary N) is 1. The van der Waals surface area contributed by atoms with Crippen LogP contribution in [0.1, 0.15) is 46.5 Å². The van der Waals surface area contributed by atoms with Gasteiger partial charge in [0.1, 0.15) is 0 Å². The molecule has 16 heavy (non-hydrogen) atoms. The second kappa shape index (κ2) is 7.63. The molecule has 0 aromatic carbocycles. The Morgan fingerprint density at radius 1 is 1.25 bits per heavy atom. The predicted octanol–water partition coefficient (Wildman–Crippen LogP) is 1.03. The third-order valence-corrected chi connectivity index (χ3v) is 2.60. The smallest absolute Gasteiger partial charge is 0.237 e. The minimum absolute atomic E-state index is 0.0744. The van der Waals surface area contributed by atoms with E-state index in [4.69, 9.17) is 10.8 Å². The maximum absolute atomic E-state index is 11.6. The highest BCUT2D eigenvalue weighted by molar-refractivity contribution is 5.82. The molecule has 0 radical (unpaired) electrons. The number of hydrogen-bond donors (Lipinski definition) is 3. The molecule has 4 N–H and O–H groups in total. The van der Waals surface area contributed by atoms with Gasteiger partial charge in [0.05, 0.1) is 6.04 Å². The van der Waals surface area contributed by atoms with Gasteiger partial charge in [-0.05, 0) is 18.3 Å². The lowest BCUT2D eigenvalue weighted by Crippen LogP contribution is -2.48. The van der Waals surface area contributed by atoms with E-state index in [-0.39, 0.29) is 17.9 Å². The minimum atomic E-state index is -0.454. The highest BCUT2D eigenvalue weighted by Crippen LogP contribution is 2.17. The van der Waals surface area contributed by atoms with Gasteiger partial charge in [-0.15, -0.1) is 0 Å². The molecule has 0 rings (SSSR count). The summed E-state index contributed by atoms with van der Waals surface area (Å²) in [6.07, 6.45) is 3.83. The van der Waals surface area contributed by atoms with Gasteiger partial charge in [-0.2, -0.15) is 0 Å². The van der Waals surface area contributed by atoms with E-state index in [1.54, 1.807) is 0 Å². The summed E-state index contributed by atoms with van der Waals surface area (Å²) in [4.78, 5) is 11.6. The van der Waals surface area contributed by atoms with Crippen LogP contribution in [0.3, 0.4) is 0 Å². The molecular weight excluding hydrogens is 204 g/mol. The number of carbonyl (C=O) groups excluding carboxylic acids is 1. The second-order valence-electron chi connectivity index (χ2n) is 5.27. The molecule has 0 aromatic rings. The molecule has 0 aromatic heterocycles. The van der Waals surface area contributed by atoms with Gasteiger partial charge in [-0.3, -0.25) is 4.79 Å². The van der Waals surface area contributed by atoms with Crippen molar-refractivity contribution in [2.45, 2.75) is 52.5 Å². The van der Waals surface area contributed by atoms with E-state index in [0.717, 1.165) is 25.7 Å². The first kappa shape index (κ1) is 15.4. The Bertz CT molecular complexity index is 200. The third-order valence-electron chi connectivity index (χ3n) is 2.60. The van der Waals surface area contributed by atoms with E-state index in [1.807, 2.05) is 20.8 Å². The van der Waals surface area contributed by atoms with Crippen molar-refractivity contribution >= 4 is 5.91 Å². The van der Waals surface area contributed by atoms with Gasteiger partial charge in [0.25, 0.3) is 0 Å². The van der Waals surface area contributed by atoms with Gasteiger partial charge in [0.2, 0.25) is 5.91 Å². The summed E-state index contributed by atoms with van der Waals surface area (Å²) in [6.45, 7) is 6.80. The number of aliphatic hydroxyl groups excluding tert-OH is 1. The minimum Gasteiger partial charge on any atom is -0.396 e. The Morgan fingerprint density at radius 2 is 1.81 bits per heavy atom. The van der Waals surface area contributed by atoms with Gasteiger partial charge in [-0.25, -0.2) is 0 Å². The van der Waals surface area contributed by atoms with Crippen LogP contribution in [0.2, 0.25) is 0 Å². The third kappa shape index (κ3) is 6.80. The molecule has 0 saturated carbocycles. The first-order chi connectivity index (χ1) is 7.39. The molecule has 96 valence electrons. The molecule has 0 spiro atoms. The van der Waals surface area contributed by atoms with Crippen molar-refractivity contribution < 1.29 is 9.90 Å². The summed E-state index contributed by atoms with van der Waals surface area (Å²) in [6, 6.07) is -0.454. The van der Waals surface area contributed by atoms with E-state index >= 15 is 0 Å². The highest BCUT2D eigenvalue weighted by Gasteiger charge is 2.26. The largest absolute Gasteiger partial charge is 0.396 e. The van der Waals surface area contributed by atoms with Crippen molar-refractivity contribution in [2.75, 3.05) is 13.2 Å². The van der Waals surface area contributed by atoms with Gasteiger partial charge >= 0.3 is 0 Å². The molecule has 4 nitrogen and oxygen atoms in total. The molecule has 1 amide bonds. The SMILES string of the molecule is CC(C)(C)C(N)C(=O)NCCCCCCO. The van der Waals surface area contributed by atoms with Crippen LogP contribution >= 0.6 is 0 Å². The zero-order valence-corrected chi connectivity index (χ0v) is 10.8. The molecule has 1 unspecified atom stereocenters. The Kier molecular flexibility index (Phi) is 7.34. The van der Waals surface area contributed by atoms with Crippen LogP contribution in [-0.4, -0.2) is 30.2 Å². The van der Waals surface area contributed by atoms with Crippen LogP contribution in [0.4, 0.5) is 0 Å². The van der Waals surface area contributed by atoms with Crippen molar-refractivity contribution in [3.8, 4) is 0 Å². The van der Waals surface area contributed by atoms with Crippen LogP contribution in [0.25, 0.3) is 0 Å². The zero-order chi connectivity index (χ0) is 12.6. The Balaban J connectivity index is 3.58. The molecule has 0 fully saturated rings. The fourth-order valence-corrected chi connectivity index (χ4v) is 1.31. The van der Waals surface area contributed by atoms with Crippen LogP contribution < -0.4 is 11.1 Å². The average Bonchev–Trinajstić information content (AvgIpc) is 2.20. The second-order valence-corrected chi connectivity index (χ2v) is 5.27. The molecule has 0 bridgehead atoms. The van der Waals surface area contributed by atoms with Crippen LogP contribution in [0.5, 0.6) is 0 Å². The van der Waals surface area contributed by atoms with E-state index in [2.05, 4.69) is 5.32 Å². The first-order valence-electron chi connectivity index (χ1n) is 6.03. The average molecular weight is 230 g/mol. The summed E-state index contributed by atoms with van der Waals surface area (Å²) >= 11 is 0. The van der Waals surface area contributed by atoms with E-state index in [0.29, 0.717) is 6.54 Å². The molecule has 0 heterocycles. The summed E-state index contributed by atoms with van der Waals surface area (Å²) in [5, 5.41) is 11.4. The number of unbranched alkanes of at least 4 members (excludes halogenated alkanes) is 3. The number of carbonyl (C=O) groups is 1. The van der Waals surface area contributed by atoms with Gasteiger partial charge in [-0.1, -0.05) is 33.6 Å². The fourth-order valence-electron chi connectivity index (χ4n) is 1.31. The van der Waals surface area contributed by atoms with Crippen molar-refractivity contribution in [3.05, 3.63) is 0 Å².